The maximum atomic E-state index is 12.6. The van der Waals surface area contributed by atoms with Gasteiger partial charge < -0.3 is 9.80 Å². The summed E-state index contributed by atoms with van der Waals surface area (Å²) in [6.07, 6.45) is 3.45. The topological polar surface area (TPSA) is 53.5 Å². The summed E-state index contributed by atoms with van der Waals surface area (Å²) >= 11 is 0. The number of carbonyl (C=O) groups is 2. The van der Waals surface area contributed by atoms with Crippen LogP contribution in [0.4, 0.5) is 0 Å². The number of likely N-dealkylation sites (tertiary alicyclic amines) is 1. The standard InChI is InChI=1S/C16H21N3O2/c1-11-7-14-9-19(10-15(14)8-17-11)16(21)13-3-5-18(6-4-13)12(2)20/h7-8,13H,3-6,9-10H2,1-2H3. The summed E-state index contributed by atoms with van der Waals surface area (Å²) in [5.41, 5.74) is 3.38. The van der Waals surface area contributed by atoms with Crippen LogP contribution in [0.15, 0.2) is 12.3 Å². The van der Waals surface area contributed by atoms with E-state index in [1.54, 1.807) is 6.92 Å². The number of hydrogen-bond donors (Lipinski definition) is 0. The van der Waals surface area contributed by atoms with Gasteiger partial charge in [-0.1, -0.05) is 0 Å². The zero-order chi connectivity index (χ0) is 15.0. The van der Waals surface area contributed by atoms with Crippen molar-refractivity contribution in [2.45, 2.75) is 39.8 Å². The lowest BCUT2D eigenvalue weighted by atomic mass is 9.95. The Morgan fingerprint density at radius 2 is 1.81 bits per heavy atom. The first-order valence-corrected chi connectivity index (χ1v) is 7.53. The van der Waals surface area contributed by atoms with Gasteiger partial charge in [-0.05, 0) is 37.0 Å². The molecule has 2 amide bonds. The zero-order valence-electron chi connectivity index (χ0n) is 12.6. The highest BCUT2D eigenvalue weighted by Gasteiger charge is 2.32. The van der Waals surface area contributed by atoms with E-state index < -0.39 is 0 Å². The smallest absolute Gasteiger partial charge is 0.226 e. The number of aryl methyl sites for hydroxylation is 1. The molecule has 2 aliphatic rings. The van der Waals surface area contributed by atoms with Gasteiger partial charge >= 0.3 is 0 Å². The van der Waals surface area contributed by atoms with E-state index in [-0.39, 0.29) is 17.7 Å². The fourth-order valence-corrected chi connectivity index (χ4v) is 3.26. The second kappa shape index (κ2) is 5.47. The Bertz CT molecular complexity index is 577. The average molecular weight is 287 g/mol. The molecule has 112 valence electrons. The van der Waals surface area contributed by atoms with Crippen molar-refractivity contribution < 1.29 is 9.59 Å². The predicted molar refractivity (Wildman–Crippen MR) is 78.2 cm³/mol. The molecular formula is C16H21N3O2. The summed E-state index contributed by atoms with van der Waals surface area (Å²) in [5.74, 6) is 0.395. The molecule has 1 aromatic heterocycles. The molecule has 21 heavy (non-hydrogen) atoms. The third-order valence-corrected chi connectivity index (χ3v) is 4.54. The van der Waals surface area contributed by atoms with Gasteiger partial charge in [0.2, 0.25) is 11.8 Å². The number of aromatic nitrogens is 1. The number of pyridine rings is 1. The summed E-state index contributed by atoms with van der Waals surface area (Å²) in [5, 5.41) is 0. The monoisotopic (exact) mass is 287 g/mol. The van der Waals surface area contributed by atoms with Crippen LogP contribution in [0.3, 0.4) is 0 Å². The van der Waals surface area contributed by atoms with E-state index in [2.05, 4.69) is 11.1 Å². The molecule has 0 N–H and O–H groups in total. The van der Waals surface area contributed by atoms with E-state index in [9.17, 15) is 9.59 Å². The third kappa shape index (κ3) is 2.77. The molecule has 0 bridgehead atoms. The van der Waals surface area contributed by atoms with Gasteiger partial charge in [0.1, 0.15) is 0 Å². The maximum absolute atomic E-state index is 12.6. The molecule has 0 unspecified atom stereocenters. The van der Waals surface area contributed by atoms with Crippen LogP contribution in [0, 0.1) is 12.8 Å². The Kier molecular flexibility index (Phi) is 3.66. The quantitative estimate of drug-likeness (QED) is 0.786. The number of carbonyl (C=O) groups excluding carboxylic acids is 2. The van der Waals surface area contributed by atoms with Crippen molar-refractivity contribution in [1.29, 1.82) is 0 Å². The summed E-state index contributed by atoms with van der Waals surface area (Å²) in [4.78, 5) is 32.0. The van der Waals surface area contributed by atoms with Crippen LogP contribution in [-0.4, -0.2) is 39.7 Å². The molecule has 5 nitrogen and oxygen atoms in total. The van der Waals surface area contributed by atoms with Gasteiger partial charge in [0, 0.05) is 50.9 Å². The molecule has 1 saturated heterocycles. The number of hydrogen-bond acceptors (Lipinski definition) is 3. The van der Waals surface area contributed by atoms with E-state index in [1.807, 2.05) is 22.9 Å². The van der Waals surface area contributed by atoms with Crippen molar-refractivity contribution in [3.05, 3.63) is 29.1 Å². The molecule has 0 aliphatic carbocycles. The summed E-state index contributed by atoms with van der Waals surface area (Å²) in [6, 6.07) is 2.07. The number of amides is 2. The first-order chi connectivity index (χ1) is 10.0. The highest BCUT2D eigenvalue weighted by Crippen LogP contribution is 2.27. The lowest BCUT2D eigenvalue weighted by molar-refractivity contribution is -0.140. The van der Waals surface area contributed by atoms with Crippen LogP contribution in [0.1, 0.15) is 36.6 Å². The molecule has 0 atom stereocenters. The van der Waals surface area contributed by atoms with E-state index in [0.29, 0.717) is 26.2 Å². The second-order valence-electron chi connectivity index (χ2n) is 6.07. The summed E-state index contributed by atoms with van der Waals surface area (Å²) < 4.78 is 0. The lowest BCUT2D eigenvalue weighted by Crippen LogP contribution is -2.42. The van der Waals surface area contributed by atoms with Gasteiger partial charge in [0.25, 0.3) is 0 Å². The number of piperidine rings is 1. The molecular weight excluding hydrogens is 266 g/mol. The van der Waals surface area contributed by atoms with Crippen LogP contribution in [0.25, 0.3) is 0 Å². The van der Waals surface area contributed by atoms with Crippen molar-refractivity contribution in [1.82, 2.24) is 14.8 Å². The molecule has 1 fully saturated rings. The Labute approximate surface area is 124 Å². The van der Waals surface area contributed by atoms with Crippen molar-refractivity contribution in [2.24, 2.45) is 5.92 Å². The molecule has 3 rings (SSSR count). The first kappa shape index (κ1) is 14.0. The van der Waals surface area contributed by atoms with E-state index in [4.69, 9.17) is 0 Å². The summed E-state index contributed by atoms with van der Waals surface area (Å²) in [6.45, 7) is 6.34. The minimum atomic E-state index is 0.0592. The normalized spacial score (nSPS) is 18.8. The molecule has 2 aliphatic heterocycles. The molecule has 0 saturated carbocycles. The maximum Gasteiger partial charge on any atom is 0.226 e. The predicted octanol–water partition coefficient (Wildman–Crippen LogP) is 1.49. The Morgan fingerprint density at radius 3 is 2.48 bits per heavy atom. The van der Waals surface area contributed by atoms with Gasteiger partial charge in [-0.25, -0.2) is 0 Å². The fraction of sp³-hybridized carbons (Fsp3) is 0.562. The molecule has 3 heterocycles. The summed E-state index contributed by atoms with van der Waals surface area (Å²) in [7, 11) is 0. The van der Waals surface area contributed by atoms with Crippen molar-refractivity contribution in [3.8, 4) is 0 Å². The second-order valence-corrected chi connectivity index (χ2v) is 6.07. The van der Waals surface area contributed by atoms with Gasteiger partial charge in [0.05, 0.1) is 0 Å². The lowest BCUT2D eigenvalue weighted by Gasteiger charge is -2.32. The van der Waals surface area contributed by atoms with Gasteiger partial charge in [0.15, 0.2) is 0 Å². The Morgan fingerprint density at radius 1 is 1.14 bits per heavy atom. The molecule has 1 aromatic rings. The molecule has 0 spiro atoms. The largest absolute Gasteiger partial charge is 0.343 e. The molecule has 0 aromatic carbocycles. The Hall–Kier alpha value is -1.91. The molecule has 0 radical (unpaired) electrons. The Balaban J connectivity index is 1.62. The van der Waals surface area contributed by atoms with Crippen molar-refractivity contribution in [3.63, 3.8) is 0 Å². The highest BCUT2D eigenvalue weighted by molar-refractivity contribution is 5.80. The van der Waals surface area contributed by atoms with E-state index in [0.717, 1.165) is 24.1 Å². The fourth-order valence-electron chi connectivity index (χ4n) is 3.26. The SMILES string of the molecule is CC(=O)N1CCC(C(=O)N2Cc3cnc(C)cc3C2)CC1. The van der Waals surface area contributed by atoms with E-state index >= 15 is 0 Å². The van der Waals surface area contributed by atoms with Crippen LogP contribution >= 0.6 is 0 Å². The van der Waals surface area contributed by atoms with E-state index in [1.165, 1.54) is 5.56 Å². The van der Waals surface area contributed by atoms with Crippen molar-refractivity contribution in [2.75, 3.05) is 13.1 Å². The number of nitrogens with zero attached hydrogens (tertiary/aromatic N) is 3. The minimum Gasteiger partial charge on any atom is -0.343 e. The first-order valence-electron chi connectivity index (χ1n) is 7.53. The average Bonchev–Trinajstić information content (AvgIpc) is 2.89. The van der Waals surface area contributed by atoms with Gasteiger partial charge in [-0.3, -0.25) is 14.6 Å². The van der Waals surface area contributed by atoms with Gasteiger partial charge in [-0.15, -0.1) is 0 Å². The van der Waals surface area contributed by atoms with Crippen molar-refractivity contribution >= 4 is 11.8 Å². The number of rotatable bonds is 1. The van der Waals surface area contributed by atoms with Crippen LogP contribution < -0.4 is 0 Å². The van der Waals surface area contributed by atoms with Crippen LogP contribution in [-0.2, 0) is 22.7 Å². The highest BCUT2D eigenvalue weighted by atomic mass is 16.2. The van der Waals surface area contributed by atoms with Crippen LogP contribution in [0.5, 0.6) is 0 Å². The van der Waals surface area contributed by atoms with Crippen LogP contribution in [0.2, 0.25) is 0 Å². The van der Waals surface area contributed by atoms with Gasteiger partial charge in [-0.2, -0.15) is 0 Å². The zero-order valence-corrected chi connectivity index (χ0v) is 12.6. The third-order valence-electron chi connectivity index (χ3n) is 4.54. The molecule has 5 heteroatoms. The minimum absolute atomic E-state index is 0.0592. The number of fused-ring (bicyclic) bond motifs is 1.